The number of morpholine rings is 1. The van der Waals surface area contributed by atoms with Crippen LogP contribution in [0.3, 0.4) is 0 Å². The summed E-state index contributed by atoms with van der Waals surface area (Å²) in [4.78, 5) is 18.6. The van der Waals surface area contributed by atoms with E-state index in [4.69, 9.17) is 17.0 Å². The van der Waals surface area contributed by atoms with E-state index < -0.39 is 0 Å². The van der Waals surface area contributed by atoms with Gasteiger partial charge in [-0.25, -0.2) is 4.98 Å². The van der Waals surface area contributed by atoms with Crippen molar-refractivity contribution in [3.8, 4) is 0 Å². The minimum absolute atomic E-state index is 0.0904. The van der Waals surface area contributed by atoms with Crippen LogP contribution in [0.25, 0.3) is 0 Å². The second-order valence-electron chi connectivity index (χ2n) is 5.71. The maximum Gasteiger partial charge on any atom is 0.273 e. The van der Waals surface area contributed by atoms with Gasteiger partial charge >= 0.3 is 0 Å². The van der Waals surface area contributed by atoms with Crippen molar-refractivity contribution < 1.29 is 9.53 Å². The largest absolute Gasteiger partial charge is 0.378 e. The molecule has 1 unspecified atom stereocenters. The van der Waals surface area contributed by atoms with Gasteiger partial charge in [-0.3, -0.25) is 10.1 Å². The Labute approximate surface area is 139 Å². The summed E-state index contributed by atoms with van der Waals surface area (Å²) in [6.07, 6.45) is 3.81. The van der Waals surface area contributed by atoms with E-state index in [9.17, 15) is 4.79 Å². The highest BCUT2D eigenvalue weighted by molar-refractivity contribution is 7.80. The van der Waals surface area contributed by atoms with Gasteiger partial charge in [0, 0.05) is 31.1 Å². The number of ether oxygens (including phenoxy) is 1. The quantitative estimate of drug-likeness (QED) is 0.532. The van der Waals surface area contributed by atoms with E-state index >= 15 is 0 Å². The van der Waals surface area contributed by atoms with Crippen molar-refractivity contribution in [1.82, 2.24) is 15.6 Å². The van der Waals surface area contributed by atoms with Crippen LogP contribution in [0.5, 0.6) is 0 Å². The molecule has 0 aliphatic carbocycles. The van der Waals surface area contributed by atoms with E-state index in [1.165, 1.54) is 0 Å². The molecule has 7 nitrogen and oxygen atoms in total. The molecule has 3 aliphatic heterocycles. The highest BCUT2D eigenvalue weighted by Gasteiger charge is 2.27. The van der Waals surface area contributed by atoms with E-state index in [1.54, 1.807) is 0 Å². The second-order valence-corrected chi connectivity index (χ2v) is 6.12. The lowest BCUT2D eigenvalue weighted by Crippen LogP contribution is -2.36. The van der Waals surface area contributed by atoms with Gasteiger partial charge in [0.15, 0.2) is 5.11 Å². The van der Waals surface area contributed by atoms with Crippen LogP contribution in [-0.2, 0) is 9.53 Å². The predicted octanol–water partition coefficient (Wildman–Crippen LogP) is 0.315. The Morgan fingerprint density at radius 3 is 2.91 bits per heavy atom. The first-order valence-electron chi connectivity index (χ1n) is 7.61. The second kappa shape index (κ2) is 5.78. The molecular weight excluding hydrogens is 314 g/mol. The first-order chi connectivity index (χ1) is 11.2. The van der Waals surface area contributed by atoms with Crippen molar-refractivity contribution in [3.05, 3.63) is 29.6 Å². The summed E-state index contributed by atoms with van der Waals surface area (Å²) in [5.74, 6) is 0.790. The number of aromatic nitrogens is 1. The zero-order valence-corrected chi connectivity index (χ0v) is 13.3. The van der Waals surface area contributed by atoms with Crippen molar-refractivity contribution in [1.29, 1.82) is 0 Å². The van der Waals surface area contributed by atoms with Crippen molar-refractivity contribution in [2.45, 2.75) is 5.92 Å². The van der Waals surface area contributed by atoms with Crippen molar-refractivity contribution >= 4 is 34.7 Å². The molecule has 4 heterocycles. The van der Waals surface area contributed by atoms with Crippen LogP contribution in [-0.4, -0.2) is 48.9 Å². The van der Waals surface area contributed by atoms with Crippen LogP contribution in [0.4, 0.5) is 11.5 Å². The molecule has 3 N–H and O–H groups in total. The summed E-state index contributed by atoms with van der Waals surface area (Å²) < 4.78 is 5.40. The molecule has 1 atom stereocenters. The molecule has 2 fully saturated rings. The van der Waals surface area contributed by atoms with Gasteiger partial charge in [-0.2, -0.15) is 0 Å². The minimum atomic E-state index is -0.180. The van der Waals surface area contributed by atoms with Crippen LogP contribution < -0.4 is 20.9 Å². The van der Waals surface area contributed by atoms with Crippen LogP contribution in [0, 0.1) is 0 Å². The lowest BCUT2D eigenvalue weighted by Gasteiger charge is -2.29. The number of pyridine rings is 1. The van der Waals surface area contributed by atoms with Gasteiger partial charge in [-0.1, -0.05) is 0 Å². The number of carbonyl (C=O) groups excluding carboxylic acids is 1. The molecule has 0 spiro atoms. The third kappa shape index (κ3) is 2.75. The molecule has 1 amide bonds. The van der Waals surface area contributed by atoms with Crippen molar-refractivity contribution in [2.75, 3.05) is 43.1 Å². The van der Waals surface area contributed by atoms with Crippen LogP contribution in [0.2, 0.25) is 0 Å². The molecule has 4 rings (SSSR count). The number of hydrogen-bond acceptors (Lipinski definition) is 6. The molecule has 0 radical (unpaired) electrons. The van der Waals surface area contributed by atoms with Gasteiger partial charge in [0.25, 0.3) is 5.91 Å². The summed E-state index contributed by atoms with van der Waals surface area (Å²) in [7, 11) is 0. The third-order valence-corrected chi connectivity index (χ3v) is 4.46. The monoisotopic (exact) mass is 331 g/mol. The molecule has 2 saturated heterocycles. The Morgan fingerprint density at radius 1 is 1.35 bits per heavy atom. The van der Waals surface area contributed by atoms with E-state index in [1.807, 2.05) is 12.3 Å². The summed E-state index contributed by atoms with van der Waals surface area (Å²) in [6, 6.07) is 2.15. The maximum absolute atomic E-state index is 11.8. The van der Waals surface area contributed by atoms with Gasteiger partial charge in [-0.15, -0.1) is 0 Å². The average Bonchev–Trinajstić information content (AvgIpc) is 3.11. The Morgan fingerprint density at radius 2 is 2.17 bits per heavy atom. The molecule has 120 valence electrons. The zero-order valence-electron chi connectivity index (χ0n) is 12.5. The van der Waals surface area contributed by atoms with Gasteiger partial charge < -0.3 is 20.3 Å². The number of hydrogen-bond donors (Lipinski definition) is 3. The molecule has 23 heavy (non-hydrogen) atoms. The fourth-order valence-electron chi connectivity index (χ4n) is 3.06. The number of nitrogens with zero attached hydrogens (tertiary/aromatic N) is 2. The summed E-state index contributed by atoms with van der Waals surface area (Å²) >= 11 is 4.97. The molecule has 0 aromatic carbocycles. The van der Waals surface area contributed by atoms with Gasteiger partial charge in [0.1, 0.15) is 11.5 Å². The maximum atomic E-state index is 11.8. The Bertz CT molecular complexity index is 699. The number of fused-ring (bicyclic) bond motifs is 1. The lowest BCUT2D eigenvalue weighted by molar-refractivity contribution is -0.115. The van der Waals surface area contributed by atoms with E-state index in [2.05, 4.69) is 31.9 Å². The summed E-state index contributed by atoms with van der Waals surface area (Å²) in [5, 5.41) is 9.12. The fourth-order valence-corrected chi connectivity index (χ4v) is 3.26. The minimum Gasteiger partial charge on any atom is -0.378 e. The molecular formula is C15H17N5O2S. The normalized spacial score (nSPS) is 25.1. The number of thiocarbonyl (C=S) groups is 1. The number of anilines is 2. The number of rotatable bonds is 2. The molecule has 0 bridgehead atoms. The first-order valence-corrected chi connectivity index (χ1v) is 8.02. The Hall–Kier alpha value is -2.19. The van der Waals surface area contributed by atoms with Crippen molar-refractivity contribution in [3.63, 3.8) is 0 Å². The van der Waals surface area contributed by atoms with E-state index in [0.29, 0.717) is 10.8 Å². The number of carbonyl (C=O) groups is 1. The molecule has 3 aliphatic rings. The molecule has 8 heteroatoms. The number of nitrogens with one attached hydrogen (secondary N) is 3. The Kier molecular flexibility index (Phi) is 3.62. The molecule has 1 aromatic rings. The number of amides is 1. The van der Waals surface area contributed by atoms with Crippen LogP contribution in [0.1, 0.15) is 11.5 Å². The zero-order chi connectivity index (χ0) is 15.8. The smallest absolute Gasteiger partial charge is 0.273 e. The standard InChI is InChI=1S/C15H17N5O2S/c21-14-12(18-15(23)19-14)5-9-7-16-13-11(9)6-10(8-17-13)20-1-3-22-4-2-20/h5-6,8-9H,1-4,7H2,(H,16,17)(H2,18,19,21,23)/b12-5-. The van der Waals surface area contributed by atoms with Crippen LogP contribution in [0.15, 0.2) is 24.0 Å². The SMILES string of the molecule is O=C1NC(=S)N/C1=C\C1CNc2ncc(N3CCOCC3)cc21. The fraction of sp³-hybridized carbons (Fsp3) is 0.400. The van der Waals surface area contributed by atoms with Gasteiger partial charge in [-0.05, 0) is 24.4 Å². The summed E-state index contributed by atoms with van der Waals surface area (Å²) in [5.41, 5.74) is 2.71. The average molecular weight is 331 g/mol. The predicted molar refractivity (Wildman–Crippen MR) is 90.5 cm³/mol. The first kappa shape index (κ1) is 14.4. The van der Waals surface area contributed by atoms with Crippen LogP contribution >= 0.6 is 12.2 Å². The lowest BCUT2D eigenvalue weighted by atomic mass is 10.0. The third-order valence-electron chi connectivity index (χ3n) is 4.26. The van der Waals surface area contributed by atoms with E-state index in [-0.39, 0.29) is 11.8 Å². The highest BCUT2D eigenvalue weighted by Crippen LogP contribution is 2.34. The molecule has 0 saturated carbocycles. The molecule has 1 aromatic heterocycles. The Balaban J connectivity index is 1.61. The van der Waals surface area contributed by atoms with Crippen molar-refractivity contribution in [2.24, 2.45) is 0 Å². The van der Waals surface area contributed by atoms with E-state index in [0.717, 1.165) is 49.9 Å². The van der Waals surface area contributed by atoms with Gasteiger partial charge in [0.2, 0.25) is 0 Å². The summed E-state index contributed by atoms with van der Waals surface area (Å²) in [6.45, 7) is 3.95. The topological polar surface area (TPSA) is 78.5 Å². The van der Waals surface area contributed by atoms with Gasteiger partial charge in [0.05, 0.1) is 25.1 Å². The highest BCUT2D eigenvalue weighted by atomic mass is 32.1.